The van der Waals surface area contributed by atoms with Gasteiger partial charge in [0.2, 0.25) is 6.10 Å². The van der Waals surface area contributed by atoms with Gasteiger partial charge in [0.15, 0.2) is 24.3 Å². The number of ether oxygens (including phenoxy) is 5. The van der Waals surface area contributed by atoms with Crippen molar-refractivity contribution < 1.29 is 33.3 Å². The molecule has 104 valence electrons. The molecule has 3 aliphatic rings. The van der Waals surface area contributed by atoms with E-state index in [1.807, 2.05) is 0 Å². The Morgan fingerprint density at radius 2 is 2.05 bits per heavy atom. The molecule has 3 fully saturated rings. The Morgan fingerprint density at radius 1 is 1.32 bits per heavy atom. The van der Waals surface area contributed by atoms with E-state index < -0.39 is 48.4 Å². The van der Waals surface area contributed by atoms with Crippen molar-refractivity contribution in [2.75, 3.05) is 0 Å². The van der Waals surface area contributed by atoms with Gasteiger partial charge in [0.1, 0.15) is 6.10 Å². The van der Waals surface area contributed by atoms with Gasteiger partial charge in [0, 0.05) is 6.08 Å². The third-order valence-corrected chi connectivity index (χ3v) is 3.22. The Hall–Kier alpha value is -1.44. The van der Waals surface area contributed by atoms with E-state index in [4.69, 9.17) is 23.7 Å². The molecule has 7 nitrogen and oxygen atoms in total. The van der Waals surface area contributed by atoms with E-state index in [1.54, 1.807) is 13.8 Å². The maximum absolute atomic E-state index is 11.7. The lowest BCUT2D eigenvalue weighted by Gasteiger charge is -2.21. The molecule has 0 aliphatic carbocycles. The molecule has 3 heterocycles. The summed E-state index contributed by atoms with van der Waals surface area (Å²) in [6.45, 7) is 6.76. The summed E-state index contributed by atoms with van der Waals surface area (Å²) < 4.78 is 26.8. The standard InChI is InChI=1S/C12H14O7/c1-4-5(13)15-8-6-7(16-10(8)14)9-11(17-6)19-12(2,3)18-9/h4,6-9,11H,1H2,2-3H3. The van der Waals surface area contributed by atoms with Gasteiger partial charge in [0.25, 0.3) is 0 Å². The predicted molar refractivity (Wildman–Crippen MR) is 58.7 cm³/mol. The van der Waals surface area contributed by atoms with Gasteiger partial charge in [-0.2, -0.15) is 0 Å². The third-order valence-electron chi connectivity index (χ3n) is 3.22. The first-order valence-electron chi connectivity index (χ1n) is 5.96. The molecule has 0 spiro atoms. The van der Waals surface area contributed by atoms with E-state index in [9.17, 15) is 9.59 Å². The first kappa shape index (κ1) is 12.6. The minimum absolute atomic E-state index is 0.503. The Labute approximate surface area is 109 Å². The SMILES string of the molecule is C=CC(=O)OC1C(=O)OC2C3OC(C)(C)OC3OC12. The van der Waals surface area contributed by atoms with Gasteiger partial charge in [-0.15, -0.1) is 0 Å². The van der Waals surface area contributed by atoms with Crippen molar-refractivity contribution >= 4 is 11.9 Å². The second-order valence-corrected chi connectivity index (χ2v) is 5.03. The molecule has 0 aromatic heterocycles. The van der Waals surface area contributed by atoms with E-state index in [0.717, 1.165) is 6.08 Å². The lowest BCUT2D eigenvalue weighted by atomic mass is 10.1. The highest BCUT2D eigenvalue weighted by atomic mass is 16.8. The van der Waals surface area contributed by atoms with Crippen LogP contribution in [-0.4, -0.2) is 48.4 Å². The minimum atomic E-state index is -1.10. The average Bonchev–Trinajstić information content (AvgIpc) is 2.88. The van der Waals surface area contributed by atoms with Gasteiger partial charge in [0.05, 0.1) is 0 Å². The molecule has 5 unspecified atom stereocenters. The normalized spacial score (nSPS) is 42.4. The lowest BCUT2D eigenvalue weighted by Crippen LogP contribution is -2.37. The smallest absolute Gasteiger partial charge is 0.350 e. The number of carbonyl (C=O) groups is 2. The average molecular weight is 270 g/mol. The second-order valence-electron chi connectivity index (χ2n) is 5.03. The summed E-state index contributed by atoms with van der Waals surface area (Å²) in [6.07, 6.45) is -2.58. The molecule has 19 heavy (non-hydrogen) atoms. The lowest BCUT2D eigenvalue weighted by molar-refractivity contribution is -0.216. The first-order chi connectivity index (χ1) is 8.91. The molecule has 0 amide bonds. The van der Waals surface area contributed by atoms with Crippen LogP contribution in [0.2, 0.25) is 0 Å². The van der Waals surface area contributed by atoms with Crippen molar-refractivity contribution in [2.45, 2.75) is 50.3 Å². The maximum Gasteiger partial charge on any atom is 0.350 e. The summed E-state index contributed by atoms with van der Waals surface area (Å²) in [7, 11) is 0. The van der Waals surface area contributed by atoms with Gasteiger partial charge in [-0.1, -0.05) is 6.58 Å². The van der Waals surface area contributed by atoms with Crippen LogP contribution < -0.4 is 0 Å². The number of fused-ring (bicyclic) bond motifs is 3. The molecule has 5 atom stereocenters. The van der Waals surface area contributed by atoms with Crippen LogP contribution in [-0.2, 0) is 33.3 Å². The van der Waals surface area contributed by atoms with Crippen molar-refractivity contribution in [3.63, 3.8) is 0 Å². The summed E-state index contributed by atoms with van der Waals surface area (Å²) in [4.78, 5) is 22.9. The third kappa shape index (κ3) is 1.94. The fourth-order valence-corrected chi connectivity index (χ4v) is 2.51. The molecule has 0 saturated carbocycles. The molecule has 0 aromatic carbocycles. The van der Waals surface area contributed by atoms with Crippen molar-refractivity contribution in [3.05, 3.63) is 12.7 Å². The summed E-state index contributed by atoms with van der Waals surface area (Å²) in [5.74, 6) is -2.13. The van der Waals surface area contributed by atoms with Gasteiger partial charge < -0.3 is 23.7 Å². The van der Waals surface area contributed by atoms with Crippen LogP contribution in [0.1, 0.15) is 13.8 Å². The fraction of sp³-hybridized carbons (Fsp3) is 0.667. The molecule has 0 radical (unpaired) electrons. The molecule has 3 rings (SSSR count). The van der Waals surface area contributed by atoms with E-state index in [-0.39, 0.29) is 0 Å². The number of hydrogen-bond acceptors (Lipinski definition) is 7. The van der Waals surface area contributed by atoms with Crippen molar-refractivity contribution in [1.29, 1.82) is 0 Å². The summed E-state index contributed by atoms with van der Waals surface area (Å²) in [5.41, 5.74) is 0. The molecule has 7 heteroatoms. The van der Waals surface area contributed by atoms with Crippen LogP contribution in [0.25, 0.3) is 0 Å². The van der Waals surface area contributed by atoms with Gasteiger partial charge in [-0.05, 0) is 13.8 Å². The van der Waals surface area contributed by atoms with Gasteiger partial charge >= 0.3 is 11.9 Å². The van der Waals surface area contributed by atoms with Crippen LogP contribution in [0.4, 0.5) is 0 Å². The van der Waals surface area contributed by atoms with Gasteiger partial charge in [-0.25, -0.2) is 9.59 Å². The number of rotatable bonds is 2. The predicted octanol–water partition coefficient (Wildman–Crippen LogP) is -0.114. The molecule has 0 bridgehead atoms. The van der Waals surface area contributed by atoms with E-state index in [2.05, 4.69) is 6.58 Å². The Bertz CT molecular complexity index is 443. The maximum atomic E-state index is 11.7. The molecular weight excluding hydrogens is 256 g/mol. The number of hydrogen-bond donors (Lipinski definition) is 0. The highest BCUT2D eigenvalue weighted by Gasteiger charge is 2.64. The Morgan fingerprint density at radius 3 is 2.74 bits per heavy atom. The van der Waals surface area contributed by atoms with Crippen molar-refractivity contribution in [2.24, 2.45) is 0 Å². The largest absolute Gasteiger partial charge is 0.454 e. The van der Waals surface area contributed by atoms with Crippen LogP contribution in [0, 0.1) is 0 Å². The van der Waals surface area contributed by atoms with Crippen LogP contribution in [0.3, 0.4) is 0 Å². The molecular formula is C12H14O7. The quantitative estimate of drug-likeness (QED) is 0.511. The summed E-state index contributed by atoms with van der Waals surface area (Å²) >= 11 is 0. The Kier molecular flexibility index (Phi) is 2.67. The van der Waals surface area contributed by atoms with Crippen molar-refractivity contribution in [1.82, 2.24) is 0 Å². The van der Waals surface area contributed by atoms with Crippen LogP contribution in [0.5, 0.6) is 0 Å². The fourth-order valence-electron chi connectivity index (χ4n) is 2.51. The van der Waals surface area contributed by atoms with E-state index >= 15 is 0 Å². The zero-order chi connectivity index (χ0) is 13.8. The number of carbonyl (C=O) groups excluding carboxylic acids is 2. The first-order valence-corrected chi connectivity index (χ1v) is 5.96. The summed E-state index contributed by atoms with van der Waals surface area (Å²) in [6, 6.07) is 0. The minimum Gasteiger partial charge on any atom is -0.454 e. The zero-order valence-corrected chi connectivity index (χ0v) is 10.5. The Balaban J connectivity index is 1.76. The van der Waals surface area contributed by atoms with Gasteiger partial charge in [-0.3, -0.25) is 0 Å². The molecule has 3 aliphatic heterocycles. The number of esters is 2. The van der Waals surface area contributed by atoms with E-state index in [0.29, 0.717) is 0 Å². The second kappa shape index (κ2) is 4.03. The van der Waals surface area contributed by atoms with Crippen LogP contribution >= 0.6 is 0 Å². The molecule has 0 aromatic rings. The molecule has 3 saturated heterocycles. The topological polar surface area (TPSA) is 80.3 Å². The van der Waals surface area contributed by atoms with Crippen LogP contribution in [0.15, 0.2) is 12.7 Å². The summed E-state index contributed by atoms with van der Waals surface area (Å²) in [5, 5.41) is 0. The zero-order valence-electron chi connectivity index (χ0n) is 10.5. The highest BCUT2D eigenvalue weighted by molar-refractivity contribution is 5.86. The van der Waals surface area contributed by atoms with E-state index in [1.165, 1.54) is 0 Å². The molecule has 0 N–H and O–H groups in total. The van der Waals surface area contributed by atoms with Crippen molar-refractivity contribution in [3.8, 4) is 0 Å². The monoisotopic (exact) mass is 270 g/mol. The highest BCUT2D eigenvalue weighted by Crippen LogP contribution is 2.42.